The molecule has 4 N–H and O–H groups in total. The van der Waals surface area contributed by atoms with Crippen LogP contribution in [0.3, 0.4) is 0 Å². The average Bonchev–Trinajstić information content (AvgIpc) is 3.48. The molecule has 7 nitrogen and oxygen atoms in total. The van der Waals surface area contributed by atoms with Crippen molar-refractivity contribution < 1.29 is 14.3 Å². The van der Waals surface area contributed by atoms with E-state index < -0.39 is 0 Å². The lowest BCUT2D eigenvalue weighted by Gasteiger charge is -2.13. The molecule has 7 heteroatoms. The van der Waals surface area contributed by atoms with Gasteiger partial charge in [-0.15, -0.1) is 0 Å². The highest BCUT2D eigenvalue weighted by molar-refractivity contribution is 5.93. The second-order valence-electron chi connectivity index (χ2n) is 6.62. The second kappa shape index (κ2) is 9.75. The van der Waals surface area contributed by atoms with Crippen LogP contribution >= 0.6 is 0 Å². The highest BCUT2D eigenvalue weighted by Gasteiger charge is 2.19. The van der Waals surface area contributed by atoms with E-state index in [1.54, 1.807) is 13.3 Å². The molecular weight excluding hydrogens is 344 g/mol. The molecule has 0 unspecified atom stereocenters. The van der Waals surface area contributed by atoms with E-state index in [-0.39, 0.29) is 5.91 Å². The summed E-state index contributed by atoms with van der Waals surface area (Å²) < 4.78 is 5.38. The maximum Gasteiger partial charge on any atom is 0.220 e. The fourth-order valence-corrected chi connectivity index (χ4v) is 2.57. The first-order valence-electron chi connectivity index (χ1n) is 9.18. The van der Waals surface area contributed by atoms with Crippen molar-refractivity contribution in [2.75, 3.05) is 12.8 Å². The van der Waals surface area contributed by atoms with Crippen LogP contribution in [0.5, 0.6) is 5.75 Å². The summed E-state index contributed by atoms with van der Waals surface area (Å²) in [4.78, 5) is 25.5. The summed E-state index contributed by atoms with van der Waals surface area (Å²) in [6, 6.07) is 4.32. The number of nitrogen functional groups attached to an aromatic ring is 1. The van der Waals surface area contributed by atoms with E-state index in [9.17, 15) is 9.59 Å². The van der Waals surface area contributed by atoms with E-state index in [1.807, 2.05) is 26.0 Å². The van der Waals surface area contributed by atoms with Crippen molar-refractivity contribution in [3.63, 3.8) is 0 Å². The summed E-state index contributed by atoms with van der Waals surface area (Å²) in [5.74, 6) is 0.741. The minimum atomic E-state index is 0.0370. The number of methoxy groups -OCH3 is 1. The Labute approximate surface area is 159 Å². The Morgan fingerprint density at radius 3 is 2.70 bits per heavy atom. The number of aromatic nitrogens is 1. The zero-order valence-corrected chi connectivity index (χ0v) is 16.2. The smallest absolute Gasteiger partial charge is 0.220 e. The van der Waals surface area contributed by atoms with Crippen molar-refractivity contribution in [1.82, 2.24) is 15.6 Å². The van der Waals surface area contributed by atoms with E-state index in [1.165, 1.54) is 12.8 Å². The molecule has 0 atom stereocenters. The molecular formula is C20H28N4O3. The molecule has 0 bridgehead atoms. The van der Waals surface area contributed by atoms with Gasteiger partial charge in [0.25, 0.3) is 0 Å². The average molecular weight is 372 g/mol. The number of hydrogen-bond acceptors (Lipinski definition) is 5. The van der Waals surface area contributed by atoms with Crippen molar-refractivity contribution in [2.24, 2.45) is 0 Å². The van der Waals surface area contributed by atoms with Gasteiger partial charge in [0.15, 0.2) is 0 Å². The van der Waals surface area contributed by atoms with Crippen LogP contribution in [0.4, 0.5) is 5.69 Å². The molecule has 1 aliphatic rings. The van der Waals surface area contributed by atoms with E-state index in [4.69, 9.17) is 10.5 Å². The third kappa shape index (κ3) is 5.84. The summed E-state index contributed by atoms with van der Waals surface area (Å²) in [7, 11) is 1.61. The Hall–Kier alpha value is -2.83. The number of amides is 2. The number of benzene rings is 1. The molecule has 0 radical (unpaired) electrons. The van der Waals surface area contributed by atoms with Gasteiger partial charge in [0.2, 0.25) is 12.3 Å². The van der Waals surface area contributed by atoms with Gasteiger partial charge >= 0.3 is 0 Å². The minimum absolute atomic E-state index is 0.0370. The van der Waals surface area contributed by atoms with Crippen LogP contribution in [0.1, 0.15) is 43.7 Å². The lowest BCUT2D eigenvalue weighted by molar-refractivity contribution is -0.121. The van der Waals surface area contributed by atoms with Gasteiger partial charge in [-0.3, -0.25) is 14.6 Å². The summed E-state index contributed by atoms with van der Waals surface area (Å²) in [6.07, 6.45) is 6.23. The number of carbonyl (C=O) groups excluding carboxylic acids is 2. The standard InChI is InChI=1S/C16H21N3O2.C4H7NO/c1-4-5-15(20)19-9-11-6-12-13(7-14(11)21-3)18-8-10(2)16(12)17;6-3-5-4-1-2-4/h6-8H,4-5,9H2,1-3H3,(H2,17,18)(H,19,20);3-4H,1-2H2,(H,5,6). The number of carbonyl (C=O) groups is 2. The number of ether oxygens (including phenoxy) is 1. The molecule has 1 fully saturated rings. The highest BCUT2D eigenvalue weighted by Crippen LogP contribution is 2.29. The lowest BCUT2D eigenvalue weighted by atomic mass is 10.1. The molecule has 3 rings (SSSR count). The number of fused-ring (bicyclic) bond motifs is 1. The van der Waals surface area contributed by atoms with Crippen molar-refractivity contribution in [2.45, 2.75) is 52.1 Å². The number of nitrogens with two attached hydrogens (primary N) is 1. The topological polar surface area (TPSA) is 106 Å². The molecule has 1 heterocycles. The van der Waals surface area contributed by atoms with Crippen LogP contribution in [-0.4, -0.2) is 30.5 Å². The molecule has 0 aliphatic heterocycles. The first-order valence-corrected chi connectivity index (χ1v) is 9.18. The van der Waals surface area contributed by atoms with Gasteiger partial charge in [-0.1, -0.05) is 6.92 Å². The molecule has 1 aromatic carbocycles. The second-order valence-corrected chi connectivity index (χ2v) is 6.62. The van der Waals surface area contributed by atoms with Crippen LogP contribution in [-0.2, 0) is 16.1 Å². The molecule has 0 spiro atoms. The maximum atomic E-state index is 11.6. The third-order valence-electron chi connectivity index (χ3n) is 4.35. The molecule has 1 aromatic heterocycles. The maximum absolute atomic E-state index is 11.6. The Bertz CT molecular complexity index is 803. The number of hydrogen-bond donors (Lipinski definition) is 3. The van der Waals surface area contributed by atoms with Crippen LogP contribution in [0.2, 0.25) is 0 Å². The molecule has 27 heavy (non-hydrogen) atoms. The normalized spacial score (nSPS) is 12.7. The molecule has 1 saturated carbocycles. The highest BCUT2D eigenvalue weighted by atomic mass is 16.5. The van der Waals surface area contributed by atoms with Crippen molar-refractivity contribution in [3.8, 4) is 5.75 Å². The summed E-state index contributed by atoms with van der Waals surface area (Å²) in [5, 5.41) is 6.42. The van der Waals surface area contributed by atoms with Crippen molar-refractivity contribution >= 4 is 28.9 Å². The largest absolute Gasteiger partial charge is 0.496 e. The van der Waals surface area contributed by atoms with Gasteiger partial charge in [0.05, 0.1) is 12.6 Å². The molecule has 0 saturated heterocycles. The molecule has 146 valence electrons. The van der Waals surface area contributed by atoms with Crippen LogP contribution < -0.4 is 21.1 Å². The van der Waals surface area contributed by atoms with E-state index in [2.05, 4.69) is 15.6 Å². The predicted octanol–water partition coefficient (Wildman–Crippen LogP) is 2.45. The summed E-state index contributed by atoms with van der Waals surface area (Å²) >= 11 is 0. The number of anilines is 1. The number of nitrogens with zero attached hydrogens (tertiary/aromatic N) is 1. The molecule has 1 aliphatic carbocycles. The lowest BCUT2D eigenvalue weighted by Crippen LogP contribution is -2.22. The fraction of sp³-hybridized carbons (Fsp3) is 0.450. The fourth-order valence-electron chi connectivity index (χ4n) is 2.57. The first-order chi connectivity index (χ1) is 13.0. The van der Waals surface area contributed by atoms with Gasteiger partial charge in [-0.05, 0) is 37.8 Å². The Morgan fingerprint density at radius 2 is 2.15 bits per heavy atom. The monoisotopic (exact) mass is 372 g/mol. The number of pyridine rings is 1. The molecule has 2 aromatic rings. The zero-order valence-electron chi connectivity index (χ0n) is 16.2. The van der Waals surface area contributed by atoms with Crippen LogP contribution in [0, 0.1) is 6.92 Å². The number of rotatable bonds is 7. The van der Waals surface area contributed by atoms with Gasteiger partial charge in [0.1, 0.15) is 5.75 Å². The van der Waals surface area contributed by atoms with Gasteiger partial charge in [-0.2, -0.15) is 0 Å². The SMILES string of the molecule is CCCC(=O)NCc1cc2c(N)c(C)cnc2cc1OC.O=CNC1CC1. The molecule has 2 amide bonds. The Morgan fingerprint density at radius 1 is 1.41 bits per heavy atom. The summed E-state index contributed by atoms with van der Waals surface area (Å²) in [6.45, 7) is 4.32. The Kier molecular flexibility index (Phi) is 7.40. The van der Waals surface area contributed by atoms with Crippen molar-refractivity contribution in [1.29, 1.82) is 0 Å². The minimum Gasteiger partial charge on any atom is -0.496 e. The van der Waals surface area contributed by atoms with Gasteiger partial charge in [-0.25, -0.2) is 0 Å². The number of nitrogens with one attached hydrogen (secondary N) is 2. The Balaban J connectivity index is 0.000000369. The van der Waals surface area contributed by atoms with E-state index in [0.717, 1.165) is 34.9 Å². The van der Waals surface area contributed by atoms with Crippen molar-refractivity contribution in [3.05, 3.63) is 29.5 Å². The first kappa shape index (κ1) is 20.5. The van der Waals surface area contributed by atoms with E-state index >= 15 is 0 Å². The van der Waals surface area contributed by atoms with Gasteiger partial charge < -0.3 is 21.1 Å². The third-order valence-corrected chi connectivity index (χ3v) is 4.35. The number of aryl methyl sites for hydroxylation is 1. The predicted molar refractivity (Wildman–Crippen MR) is 106 cm³/mol. The van der Waals surface area contributed by atoms with Crippen LogP contribution in [0.15, 0.2) is 18.3 Å². The van der Waals surface area contributed by atoms with Crippen LogP contribution in [0.25, 0.3) is 10.9 Å². The zero-order chi connectivity index (χ0) is 19.8. The van der Waals surface area contributed by atoms with Gasteiger partial charge in [0, 0.05) is 47.9 Å². The van der Waals surface area contributed by atoms with E-state index in [0.29, 0.717) is 30.4 Å². The summed E-state index contributed by atoms with van der Waals surface area (Å²) in [5.41, 5.74) is 9.45. The quantitative estimate of drug-likeness (QED) is 0.647.